The van der Waals surface area contributed by atoms with Gasteiger partial charge in [-0.2, -0.15) is 0 Å². The van der Waals surface area contributed by atoms with E-state index in [1.54, 1.807) is 0 Å². The number of rotatable bonds is 3. The van der Waals surface area contributed by atoms with Crippen LogP contribution in [0.1, 0.15) is 13.3 Å². The first-order valence-corrected chi connectivity index (χ1v) is 4.69. The maximum atomic E-state index is 10.9. The van der Waals surface area contributed by atoms with Crippen molar-refractivity contribution < 1.29 is 9.94 Å². The molecular weight excluding hydrogens is 170 g/mol. The van der Waals surface area contributed by atoms with Gasteiger partial charge in [0, 0.05) is 12.5 Å². The van der Waals surface area contributed by atoms with Gasteiger partial charge in [-0.05, 0) is 19.3 Å². The average Bonchev–Trinajstić information content (AvgIpc) is 2.63. The van der Waals surface area contributed by atoms with Crippen LogP contribution in [-0.2, 0) is 4.74 Å². The third-order valence-electron chi connectivity index (χ3n) is 2.96. The fraction of sp³-hybridized carbons (Fsp3) is 0.778. The van der Waals surface area contributed by atoms with Gasteiger partial charge in [0.2, 0.25) is 0 Å². The minimum atomic E-state index is -0.394. The number of fused-ring (bicyclic) bond motifs is 2. The molecule has 0 heterocycles. The molecule has 2 aliphatic rings. The first kappa shape index (κ1) is 9.15. The molecule has 0 aromatic carbocycles. The standard InChI is InChI=1S/C9H14NO3/c1-2-13-9-7-4-3-6(5-7)8(9)10(11)12/h3-4,6-9,11H,2,5H2,1H3/q-1. The molecule has 4 atom stereocenters. The van der Waals surface area contributed by atoms with Gasteiger partial charge in [-0.15, -0.1) is 0 Å². The van der Waals surface area contributed by atoms with E-state index < -0.39 is 6.04 Å². The van der Waals surface area contributed by atoms with Gasteiger partial charge in [-0.1, -0.05) is 12.2 Å². The quantitative estimate of drug-likeness (QED) is 0.528. The summed E-state index contributed by atoms with van der Waals surface area (Å²) in [6.45, 7) is 2.49. The molecule has 74 valence electrons. The molecule has 2 bridgehead atoms. The third kappa shape index (κ3) is 1.40. The van der Waals surface area contributed by atoms with Crippen molar-refractivity contribution in [3.05, 3.63) is 17.4 Å². The molecule has 4 heteroatoms. The van der Waals surface area contributed by atoms with E-state index in [0.717, 1.165) is 6.42 Å². The average molecular weight is 184 g/mol. The van der Waals surface area contributed by atoms with Crippen LogP contribution < -0.4 is 0 Å². The van der Waals surface area contributed by atoms with Crippen LogP contribution in [0.25, 0.3) is 0 Å². The molecule has 4 nitrogen and oxygen atoms in total. The van der Waals surface area contributed by atoms with Crippen LogP contribution in [0.15, 0.2) is 12.2 Å². The van der Waals surface area contributed by atoms with Crippen molar-refractivity contribution in [2.24, 2.45) is 11.8 Å². The van der Waals surface area contributed by atoms with Crippen molar-refractivity contribution >= 4 is 0 Å². The Morgan fingerprint density at radius 1 is 1.54 bits per heavy atom. The zero-order chi connectivity index (χ0) is 9.42. The first-order valence-electron chi connectivity index (χ1n) is 4.69. The van der Waals surface area contributed by atoms with Crippen LogP contribution in [-0.4, -0.2) is 29.2 Å². The molecule has 0 aromatic rings. The van der Waals surface area contributed by atoms with E-state index in [1.165, 1.54) is 0 Å². The Kier molecular flexibility index (Phi) is 2.38. The van der Waals surface area contributed by atoms with Gasteiger partial charge >= 0.3 is 0 Å². The fourth-order valence-corrected chi connectivity index (χ4v) is 2.45. The topological polar surface area (TPSA) is 55.8 Å². The zero-order valence-corrected chi connectivity index (χ0v) is 7.59. The largest absolute Gasteiger partial charge is 0.762 e. The summed E-state index contributed by atoms with van der Waals surface area (Å²) in [5.41, 5.74) is 0. The van der Waals surface area contributed by atoms with Crippen molar-refractivity contribution in [1.29, 1.82) is 0 Å². The molecule has 1 fully saturated rings. The number of hydrogen-bond donors (Lipinski definition) is 1. The maximum Gasteiger partial charge on any atom is 0.0810 e. The minimum Gasteiger partial charge on any atom is -0.762 e. The molecule has 0 saturated heterocycles. The second-order valence-electron chi connectivity index (χ2n) is 3.66. The van der Waals surface area contributed by atoms with Crippen molar-refractivity contribution in [2.75, 3.05) is 6.61 Å². The van der Waals surface area contributed by atoms with Crippen LogP contribution in [0.2, 0.25) is 0 Å². The second-order valence-corrected chi connectivity index (χ2v) is 3.66. The Hall–Kier alpha value is -0.420. The number of nitrogens with zero attached hydrogens (tertiary/aromatic N) is 1. The zero-order valence-electron chi connectivity index (χ0n) is 7.59. The van der Waals surface area contributed by atoms with Gasteiger partial charge in [0.25, 0.3) is 0 Å². The molecule has 0 radical (unpaired) electrons. The van der Waals surface area contributed by atoms with E-state index in [9.17, 15) is 5.21 Å². The molecule has 0 aromatic heterocycles. The van der Waals surface area contributed by atoms with Gasteiger partial charge in [-0.25, -0.2) is 0 Å². The summed E-state index contributed by atoms with van der Waals surface area (Å²) in [4.78, 5) is 0. The summed E-state index contributed by atoms with van der Waals surface area (Å²) in [6, 6.07) is -0.394. The minimum absolute atomic E-state index is 0.0640. The molecular formula is C9H14NO3-. The third-order valence-corrected chi connectivity index (χ3v) is 2.96. The molecule has 1 N–H and O–H groups in total. The Balaban J connectivity index is 2.11. The van der Waals surface area contributed by atoms with Crippen LogP contribution in [0, 0.1) is 17.0 Å². The normalized spacial score (nSPS) is 42.2. The van der Waals surface area contributed by atoms with E-state index in [2.05, 4.69) is 6.08 Å². The van der Waals surface area contributed by atoms with Crippen LogP contribution in [0.4, 0.5) is 0 Å². The number of ether oxygens (including phenoxy) is 1. The predicted molar refractivity (Wildman–Crippen MR) is 46.9 cm³/mol. The smallest absolute Gasteiger partial charge is 0.0810 e. The number of hydroxylamine groups is 2. The molecule has 4 unspecified atom stereocenters. The highest BCUT2D eigenvalue weighted by Crippen LogP contribution is 2.42. The van der Waals surface area contributed by atoms with Crippen LogP contribution in [0.5, 0.6) is 0 Å². The molecule has 0 spiro atoms. The maximum absolute atomic E-state index is 10.9. The lowest BCUT2D eigenvalue weighted by Gasteiger charge is -2.37. The monoisotopic (exact) mass is 184 g/mol. The molecule has 1 saturated carbocycles. The highest BCUT2D eigenvalue weighted by Gasteiger charge is 2.45. The summed E-state index contributed by atoms with van der Waals surface area (Å²) >= 11 is 0. The summed E-state index contributed by atoms with van der Waals surface area (Å²) in [5, 5.41) is 19.9. The van der Waals surface area contributed by atoms with Gasteiger partial charge in [-0.3, -0.25) is 5.23 Å². The highest BCUT2D eigenvalue weighted by atomic mass is 16.8. The lowest BCUT2D eigenvalue weighted by molar-refractivity contribution is -0.130. The van der Waals surface area contributed by atoms with Gasteiger partial charge < -0.3 is 15.2 Å². The predicted octanol–water partition coefficient (Wildman–Crippen LogP) is 1.16. The second kappa shape index (κ2) is 3.38. The lowest BCUT2D eigenvalue weighted by Crippen LogP contribution is -2.42. The van der Waals surface area contributed by atoms with Crippen molar-refractivity contribution in [1.82, 2.24) is 5.23 Å². The van der Waals surface area contributed by atoms with Gasteiger partial charge in [0.05, 0.1) is 12.1 Å². The molecule has 2 aliphatic carbocycles. The number of hydrogen-bond acceptors (Lipinski definition) is 4. The summed E-state index contributed by atoms with van der Waals surface area (Å²) in [5.74, 6) is 0.489. The van der Waals surface area contributed by atoms with Gasteiger partial charge in [0.1, 0.15) is 0 Å². The van der Waals surface area contributed by atoms with E-state index in [-0.39, 0.29) is 17.2 Å². The van der Waals surface area contributed by atoms with E-state index >= 15 is 0 Å². The van der Waals surface area contributed by atoms with E-state index in [1.807, 2.05) is 13.0 Å². The van der Waals surface area contributed by atoms with Crippen LogP contribution in [0.3, 0.4) is 0 Å². The van der Waals surface area contributed by atoms with Crippen molar-refractivity contribution in [3.63, 3.8) is 0 Å². The summed E-state index contributed by atoms with van der Waals surface area (Å²) in [6.07, 6.45) is 4.91. The summed E-state index contributed by atoms with van der Waals surface area (Å²) in [7, 11) is 0. The Labute approximate surface area is 77.3 Å². The fourth-order valence-electron chi connectivity index (χ4n) is 2.45. The lowest BCUT2D eigenvalue weighted by atomic mass is 9.99. The van der Waals surface area contributed by atoms with Crippen molar-refractivity contribution in [3.8, 4) is 0 Å². The van der Waals surface area contributed by atoms with Crippen molar-refractivity contribution in [2.45, 2.75) is 25.5 Å². The molecule has 0 aliphatic heterocycles. The molecule has 2 rings (SSSR count). The van der Waals surface area contributed by atoms with E-state index in [4.69, 9.17) is 9.94 Å². The Bertz CT molecular complexity index is 217. The van der Waals surface area contributed by atoms with Gasteiger partial charge in [0.15, 0.2) is 0 Å². The Morgan fingerprint density at radius 2 is 2.23 bits per heavy atom. The molecule has 13 heavy (non-hydrogen) atoms. The first-order chi connectivity index (χ1) is 6.24. The SMILES string of the molecule is CCOC1C2C=CC(C2)C1N([O-])O. The molecule has 0 amide bonds. The summed E-state index contributed by atoms with van der Waals surface area (Å²) < 4.78 is 5.46. The van der Waals surface area contributed by atoms with Crippen LogP contribution >= 0.6 is 0 Å². The highest BCUT2D eigenvalue weighted by molar-refractivity contribution is 5.17. The Morgan fingerprint density at radius 3 is 2.85 bits per heavy atom. The van der Waals surface area contributed by atoms with E-state index in [0.29, 0.717) is 12.5 Å².